The molecule has 0 saturated heterocycles. The zero-order valence-corrected chi connectivity index (χ0v) is 14.4. The molecule has 0 unspecified atom stereocenters. The van der Waals surface area contributed by atoms with E-state index < -0.39 is 10.0 Å². The number of nitrogens with one attached hydrogen (secondary N) is 2. The first-order valence-corrected chi connectivity index (χ1v) is 8.84. The molecule has 0 bridgehead atoms. The topological polar surface area (TPSA) is 84.5 Å². The highest BCUT2D eigenvalue weighted by Crippen LogP contribution is 2.21. The van der Waals surface area contributed by atoms with Crippen molar-refractivity contribution in [2.75, 3.05) is 18.9 Å². The van der Waals surface area contributed by atoms with Crippen molar-refractivity contribution < 1.29 is 17.9 Å². The molecule has 128 valence electrons. The minimum absolute atomic E-state index is 0.0961. The highest BCUT2D eigenvalue weighted by molar-refractivity contribution is 7.92. The molecule has 0 atom stereocenters. The van der Waals surface area contributed by atoms with Gasteiger partial charge < -0.3 is 10.1 Å². The standard InChI is InChI=1S/C17H20N2O4S/c1-18-17(20)11-14-7-3-4-9-16(14)19-24(21,22)15-8-5-6-13(10-15)12-23-2/h3-10,19H,11-12H2,1-2H3,(H,18,20). The van der Waals surface area contributed by atoms with E-state index in [2.05, 4.69) is 10.0 Å². The zero-order valence-electron chi connectivity index (χ0n) is 13.6. The summed E-state index contributed by atoms with van der Waals surface area (Å²) in [4.78, 5) is 11.7. The van der Waals surface area contributed by atoms with Crippen LogP contribution in [0.5, 0.6) is 0 Å². The minimum atomic E-state index is -3.76. The number of sulfonamides is 1. The molecule has 0 aliphatic carbocycles. The number of benzene rings is 2. The van der Waals surface area contributed by atoms with Crippen LogP contribution in [0.4, 0.5) is 5.69 Å². The Hall–Kier alpha value is -2.38. The van der Waals surface area contributed by atoms with E-state index in [1.54, 1.807) is 49.6 Å². The Morgan fingerprint density at radius 1 is 1.12 bits per heavy atom. The zero-order chi connectivity index (χ0) is 17.6. The molecule has 2 aromatic rings. The second-order valence-corrected chi connectivity index (χ2v) is 6.88. The highest BCUT2D eigenvalue weighted by atomic mass is 32.2. The molecule has 7 heteroatoms. The molecule has 2 aromatic carbocycles. The molecule has 0 aliphatic heterocycles. The second kappa shape index (κ2) is 7.94. The SMILES string of the molecule is CNC(=O)Cc1ccccc1NS(=O)(=O)c1cccc(COC)c1. The van der Waals surface area contributed by atoms with E-state index in [9.17, 15) is 13.2 Å². The van der Waals surface area contributed by atoms with E-state index in [4.69, 9.17) is 4.74 Å². The van der Waals surface area contributed by atoms with Crippen molar-refractivity contribution in [3.05, 3.63) is 59.7 Å². The Morgan fingerprint density at radius 3 is 2.58 bits per heavy atom. The number of hydrogen-bond donors (Lipinski definition) is 2. The lowest BCUT2D eigenvalue weighted by molar-refractivity contribution is -0.119. The summed E-state index contributed by atoms with van der Waals surface area (Å²) < 4.78 is 32.8. The van der Waals surface area contributed by atoms with Crippen LogP contribution in [0.15, 0.2) is 53.4 Å². The molecule has 24 heavy (non-hydrogen) atoms. The van der Waals surface area contributed by atoms with Crippen molar-refractivity contribution in [3.63, 3.8) is 0 Å². The number of carbonyl (C=O) groups is 1. The van der Waals surface area contributed by atoms with Crippen LogP contribution >= 0.6 is 0 Å². The Bertz CT molecular complexity index is 819. The van der Waals surface area contributed by atoms with E-state index in [0.717, 1.165) is 5.56 Å². The fourth-order valence-electron chi connectivity index (χ4n) is 2.21. The predicted octanol–water partition coefficient (Wildman–Crippen LogP) is 1.92. The van der Waals surface area contributed by atoms with E-state index >= 15 is 0 Å². The van der Waals surface area contributed by atoms with Gasteiger partial charge >= 0.3 is 0 Å². The van der Waals surface area contributed by atoms with Gasteiger partial charge in [0.2, 0.25) is 5.91 Å². The lowest BCUT2D eigenvalue weighted by atomic mass is 10.1. The monoisotopic (exact) mass is 348 g/mol. The number of para-hydroxylation sites is 1. The van der Waals surface area contributed by atoms with Crippen LogP contribution in [0, 0.1) is 0 Å². The van der Waals surface area contributed by atoms with Crippen molar-refractivity contribution in [1.29, 1.82) is 0 Å². The van der Waals surface area contributed by atoms with Gasteiger partial charge in [-0.3, -0.25) is 9.52 Å². The van der Waals surface area contributed by atoms with Gasteiger partial charge in [0.05, 0.1) is 23.6 Å². The molecule has 0 aromatic heterocycles. The van der Waals surface area contributed by atoms with Crippen LogP contribution in [0.25, 0.3) is 0 Å². The number of likely N-dealkylation sites (N-methyl/N-ethyl adjacent to an activating group) is 1. The molecule has 0 aliphatic rings. The number of rotatable bonds is 7. The third-order valence-electron chi connectivity index (χ3n) is 3.41. The van der Waals surface area contributed by atoms with Gasteiger partial charge in [-0.25, -0.2) is 8.42 Å². The van der Waals surface area contributed by atoms with E-state index in [-0.39, 0.29) is 17.2 Å². The van der Waals surface area contributed by atoms with Gasteiger partial charge in [-0.2, -0.15) is 0 Å². The first-order valence-electron chi connectivity index (χ1n) is 7.35. The first kappa shape index (κ1) is 18.0. The van der Waals surface area contributed by atoms with Gasteiger partial charge in [-0.1, -0.05) is 30.3 Å². The molecular weight excluding hydrogens is 328 g/mol. The third kappa shape index (κ3) is 4.56. The van der Waals surface area contributed by atoms with Gasteiger partial charge in [0.1, 0.15) is 0 Å². The Kier molecular flexibility index (Phi) is 5.94. The van der Waals surface area contributed by atoms with Crippen LogP contribution < -0.4 is 10.0 Å². The smallest absolute Gasteiger partial charge is 0.261 e. The molecular formula is C17H20N2O4S. The summed E-state index contributed by atoms with van der Waals surface area (Å²) in [6.07, 6.45) is 0.0961. The second-order valence-electron chi connectivity index (χ2n) is 5.19. The average Bonchev–Trinajstić information content (AvgIpc) is 2.57. The quantitative estimate of drug-likeness (QED) is 0.801. The minimum Gasteiger partial charge on any atom is -0.380 e. The molecule has 6 nitrogen and oxygen atoms in total. The number of ether oxygens (including phenoxy) is 1. The number of methoxy groups -OCH3 is 1. The number of carbonyl (C=O) groups excluding carboxylic acids is 1. The summed E-state index contributed by atoms with van der Waals surface area (Å²) in [5.74, 6) is -0.191. The molecule has 0 heterocycles. The van der Waals surface area contributed by atoms with Gasteiger partial charge in [-0.15, -0.1) is 0 Å². The van der Waals surface area contributed by atoms with E-state index in [0.29, 0.717) is 17.9 Å². The Balaban J connectivity index is 2.30. The van der Waals surface area contributed by atoms with Crippen molar-refractivity contribution >= 4 is 21.6 Å². The highest BCUT2D eigenvalue weighted by Gasteiger charge is 2.17. The van der Waals surface area contributed by atoms with Crippen LogP contribution in [-0.4, -0.2) is 28.5 Å². The fraction of sp³-hybridized carbons (Fsp3) is 0.235. The largest absolute Gasteiger partial charge is 0.380 e. The third-order valence-corrected chi connectivity index (χ3v) is 4.77. The van der Waals surface area contributed by atoms with Crippen LogP contribution in [0.2, 0.25) is 0 Å². The maximum absolute atomic E-state index is 12.6. The molecule has 1 amide bonds. The molecule has 0 spiro atoms. The van der Waals surface area contributed by atoms with Crippen molar-refractivity contribution in [2.45, 2.75) is 17.9 Å². The Labute approximate surface area is 141 Å². The Morgan fingerprint density at radius 2 is 1.88 bits per heavy atom. The molecule has 0 radical (unpaired) electrons. The van der Waals surface area contributed by atoms with Crippen molar-refractivity contribution in [3.8, 4) is 0 Å². The summed E-state index contributed by atoms with van der Waals surface area (Å²) in [7, 11) is -0.668. The normalized spacial score (nSPS) is 11.1. The molecule has 0 saturated carbocycles. The van der Waals surface area contributed by atoms with E-state index in [1.807, 2.05) is 0 Å². The lowest BCUT2D eigenvalue weighted by Crippen LogP contribution is -2.21. The van der Waals surface area contributed by atoms with E-state index in [1.165, 1.54) is 13.1 Å². The predicted molar refractivity (Wildman–Crippen MR) is 92.2 cm³/mol. The maximum atomic E-state index is 12.6. The summed E-state index contributed by atoms with van der Waals surface area (Å²) in [6, 6.07) is 13.4. The summed E-state index contributed by atoms with van der Waals surface area (Å²) in [6.45, 7) is 0.330. The lowest BCUT2D eigenvalue weighted by Gasteiger charge is -2.13. The number of amides is 1. The van der Waals surface area contributed by atoms with Crippen molar-refractivity contribution in [1.82, 2.24) is 5.32 Å². The molecule has 0 fully saturated rings. The van der Waals surface area contributed by atoms with Crippen LogP contribution in [0.1, 0.15) is 11.1 Å². The average molecular weight is 348 g/mol. The molecule has 2 N–H and O–H groups in total. The van der Waals surface area contributed by atoms with Gasteiger partial charge in [-0.05, 0) is 29.3 Å². The fourth-order valence-corrected chi connectivity index (χ4v) is 3.38. The summed E-state index contributed by atoms with van der Waals surface area (Å²) in [5.41, 5.74) is 1.76. The van der Waals surface area contributed by atoms with Gasteiger partial charge in [0.25, 0.3) is 10.0 Å². The summed E-state index contributed by atoms with van der Waals surface area (Å²) in [5, 5.41) is 2.53. The number of hydrogen-bond acceptors (Lipinski definition) is 4. The van der Waals surface area contributed by atoms with Gasteiger partial charge in [0.15, 0.2) is 0 Å². The first-order chi connectivity index (χ1) is 11.5. The van der Waals surface area contributed by atoms with Gasteiger partial charge in [0, 0.05) is 14.2 Å². The maximum Gasteiger partial charge on any atom is 0.261 e. The number of anilines is 1. The van der Waals surface area contributed by atoms with Crippen LogP contribution in [-0.2, 0) is 32.6 Å². The molecule has 2 rings (SSSR count). The summed E-state index contributed by atoms with van der Waals surface area (Å²) >= 11 is 0. The van der Waals surface area contributed by atoms with Crippen LogP contribution in [0.3, 0.4) is 0 Å². The van der Waals surface area contributed by atoms with Crippen molar-refractivity contribution in [2.24, 2.45) is 0 Å².